The first kappa shape index (κ1) is 13.0. The SMILES string of the molecule is C=C=C[C@@]1(O)CC[C@@]1(C)CCC/C=C\I. The zero-order valence-corrected chi connectivity index (χ0v) is 11.5. The molecule has 84 valence electrons. The summed E-state index contributed by atoms with van der Waals surface area (Å²) in [5.74, 6) is 0. The highest BCUT2D eigenvalue weighted by atomic mass is 127. The summed E-state index contributed by atoms with van der Waals surface area (Å²) in [6, 6.07) is 0. The van der Waals surface area contributed by atoms with E-state index in [0.717, 1.165) is 32.1 Å². The fraction of sp³-hybridized carbons (Fsp3) is 0.615. The Morgan fingerprint density at radius 3 is 2.73 bits per heavy atom. The maximum absolute atomic E-state index is 10.3. The van der Waals surface area contributed by atoms with E-state index in [1.807, 2.05) is 0 Å². The molecule has 1 N–H and O–H groups in total. The summed E-state index contributed by atoms with van der Waals surface area (Å²) in [5.41, 5.74) is 2.12. The lowest BCUT2D eigenvalue weighted by Crippen LogP contribution is -2.54. The maximum Gasteiger partial charge on any atom is 0.0954 e. The highest BCUT2D eigenvalue weighted by Gasteiger charge is 2.52. The van der Waals surface area contributed by atoms with Gasteiger partial charge in [-0.3, -0.25) is 0 Å². The first-order valence-electron chi connectivity index (χ1n) is 5.42. The van der Waals surface area contributed by atoms with Gasteiger partial charge in [-0.2, -0.15) is 0 Å². The predicted molar refractivity (Wildman–Crippen MR) is 73.0 cm³/mol. The molecule has 0 bridgehead atoms. The standard InChI is InChI=1S/C13H19IO/c1-3-7-13(15)10-9-12(13,2)8-5-4-6-11-14/h6-7,11,15H,1,4-5,8-10H2,2H3/b11-6-/t12-,13-/m1/s1. The van der Waals surface area contributed by atoms with E-state index in [0.29, 0.717) is 0 Å². The molecular formula is C13H19IO. The Labute approximate surface area is 106 Å². The van der Waals surface area contributed by atoms with E-state index in [1.165, 1.54) is 0 Å². The van der Waals surface area contributed by atoms with E-state index in [1.54, 1.807) is 6.08 Å². The number of halogens is 1. The van der Waals surface area contributed by atoms with Gasteiger partial charge in [0.25, 0.3) is 0 Å². The summed E-state index contributed by atoms with van der Waals surface area (Å²) >= 11 is 2.24. The van der Waals surface area contributed by atoms with Crippen LogP contribution >= 0.6 is 22.6 Å². The zero-order chi connectivity index (χ0) is 11.4. The maximum atomic E-state index is 10.3. The Hall–Kier alpha value is -0.0500. The van der Waals surface area contributed by atoms with Crippen LogP contribution in [0.5, 0.6) is 0 Å². The molecule has 2 heteroatoms. The molecule has 0 aromatic rings. The van der Waals surface area contributed by atoms with Crippen molar-refractivity contribution in [2.24, 2.45) is 5.41 Å². The van der Waals surface area contributed by atoms with Crippen LogP contribution in [0.1, 0.15) is 39.0 Å². The molecule has 1 saturated carbocycles. The van der Waals surface area contributed by atoms with Crippen molar-refractivity contribution in [3.8, 4) is 0 Å². The molecule has 0 amide bonds. The van der Waals surface area contributed by atoms with Gasteiger partial charge in [-0.25, -0.2) is 0 Å². The largest absolute Gasteiger partial charge is 0.385 e. The highest BCUT2D eigenvalue weighted by Crippen LogP contribution is 2.53. The summed E-state index contributed by atoms with van der Waals surface area (Å²) in [6.07, 6.45) is 9.19. The monoisotopic (exact) mass is 318 g/mol. The Balaban J connectivity index is 2.49. The van der Waals surface area contributed by atoms with E-state index >= 15 is 0 Å². The highest BCUT2D eigenvalue weighted by molar-refractivity contribution is 14.1. The van der Waals surface area contributed by atoms with E-state index in [9.17, 15) is 5.11 Å². The number of hydrogen-bond donors (Lipinski definition) is 1. The van der Waals surface area contributed by atoms with Crippen LogP contribution in [-0.4, -0.2) is 10.7 Å². The topological polar surface area (TPSA) is 20.2 Å². The van der Waals surface area contributed by atoms with Crippen molar-refractivity contribution in [3.05, 3.63) is 28.5 Å². The zero-order valence-electron chi connectivity index (χ0n) is 9.30. The second-order valence-electron chi connectivity index (χ2n) is 4.59. The lowest BCUT2D eigenvalue weighted by molar-refractivity contribution is -0.125. The van der Waals surface area contributed by atoms with Crippen LogP contribution in [0.15, 0.2) is 28.5 Å². The van der Waals surface area contributed by atoms with Crippen LogP contribution in [0.3, 0.4) is 0 Å². The van der Waals surface area contributed by atoms with Crippen molar-refractivity contribution in [2.75, 3.05) is 0 Å². The third kappa shape index (κ3) is 2.74. The third-order valence-corrected chi connectivity index (χ3v) is 4.14. The number of aliphatic hydroxyl groups is 1. The van der Waals surface area contributed by atoms with Crippen molar-refractivity contribution >= 4 is 22.6 Å². The van der Waals surface area contributed by atoms with Crippen LogP contribution in [0.4, 0.5) is 0 Å². The van der Waals surface area contributed by atoms with Gasteiger partial charge in [0.15, 0.2) is 0 Å². The van der Waals surface area contributed by atoms with Crippen LogP contribution in [-0.2, 0) is 0 Å². The molecule has 1 aliphatic carbocycles. The second kappa shape index (κ2) is 5.33. The molecule has 15 heavy (non-hydrogen) atoms. The van der Waals surface area contributed by atoms with Gasteiger partial charge in [0.1, 0.15) is 0 Å². The average molecular weight is 318 g/mol. The predicted octanol–water partition coefficient (Wildman–Crippen LogP) is 3.98. The Bertz CT molecular complexity index is 291. The molecule has 0 heterocycles. The van der Waals surface area contributed by atoms with Crippen LogP contribution < -0.4 is 0 Å². The Morgan fingerprint density at radius 1 is 1.53 bits per heavy atom. The molecule has 0 aliphatic heterocycles. The van der Waals surface area contributed by atoms with E-state index in [4.69, 9.17) is 0 Å². The number of rotatable bonds is 5. The number of unbranched alkanes of at least 4 members (excludes halogenated alkanes) is 1. The molecule has 1 fully saturated rings. The van der Waals surface area contributed by atoms with Gasteiger partial charge in [-0.15, -0.1) is 5.73 Å². The minimum atomic E-state index is -0.650. The first-order chi connectivity index (χ1) is 7.08. The van der Waals surface area contributed by atoms with Crippen molar-refractivity contribution in [2.45, 2.75) is 44.6 Å². The molecule has 0 aromatic carbocycles. The summed E-state index contributed by atoms with van der Waals surface area (Å²) in [6.45, 7) is 5.72. The van der Waals surface area contributed by atoms with E-state index in [2.05, 4.69) is 52.0 Å². The second-order valence-corrected chi connectivity index (χ2v) is 5.31. The van der Waals surface area contributed by atoms with Gasteiger partial charge in [0.05, 0.1) is 5.60 Å². The van der Waals surface area contributed by atoms with Gasteiger partial charge >= 0.3 is 0 Å². The Kier molecular flexibility index (Phi) is 4.63. The quantitative estimate of drug-likeness (QED) is 0.462. The van der Waals surface area contributed by atoms with E-state index in [-0.39, 0.29) is 5.41 Å². The molecule has 1 aliphatic rings. The lowest BCUT2D eigenvalue weighted by Gasteiger charge is -2.53. The lowest BCUT2D eigenvalue weighted by atomic mass is 9.55. The Morgan fingerprint density at radius 2 is 2.27 bits per heavy atom. The van der Waals surface area contributed by atoms with Gasteiger partial charge in [0.2, 0.25) is 0 Å². The van der Waals surface area contributed by atoms with Gasteiger partial charge in [0, 0.05) is 5.41 Å². The summed E-state index contributed by atoms with van der Waals surface area (Å²) < 4.78 is 2.05. The molecule has 0 aromatic heterocycles. The van der Waals surface area contributed by atoms with Gasteiger partial charge in [-0.05, 0) is 42.3 Å². The smallest absolute Gasteiger partial charge is 0.0954 e. The fourth-order valence-corrected chi connectivity index (χ4v) is 2.60. The number of hydrogen-bond acceptors (Lipinski definition) is 1. The van der Waals surface area contributed by atoms with Crippen LogP contribution in [0.2, 0.25) is 0 Å². The fourth-order valence-electron chi connectivity index (χ4n) is 2.24. The van der Waals surface area contributed by atoms with Gasteiger partial charge < -0.3 is 5.11 Å². The van der Waals surface area contributed by atoms with E-state index < -0.39 is 5.60 Å². The molecule has 1 nitrogen and oxygen atoms in total. The average Bonchev–Trinajstić information content (AvgIpc) is 2.23. The molecule has 2 atom stereocenters. The molecular weight excluding hydrogens is 299 g/mol. The third-order valence-electron chi connectivity index (χ3n) is 3.63. The molecule has 0 radical (unpaired) electrons. The van der Waals surface area contributed by atoms with Crippen molar-refractivity contribution in [1.29, 1.82) is 0 Å². The summed E-state index contributed by atoms with van der Waals surface area (Å²) in [4.78, 5) is 0. The van der Waals surface area contributed by atoms with Crippen LogP contribution in [0, 0.1) is 5.41 Å². The van der Waals surface area contributed by atoms with Crippen molar-refractivity contribution < 1.29 is 5.11 Å². The minimum absolute atomic E-state index is 0.0385. The van der Waals surface area contributed by atoms with Crippen molar-refractivity contribution in [1.82, 2.24) is 0 Å². The normalized spacial score (nSPS) is 34.9. The number of allylic oxidation sites excluding steroid dienone is 1. The molecule has 0 unspecified atom stereocenters. The minimum Gasteiger partial charge on any atom is -0.385 e. The van der Waals surface area contributed by atoms with Crippen molar-refractivity contribution in [3.63, 3.8) is 0 Å². The molecule has 0 saturated heterocycles. The molecule has 1 rings (SSSR count). The first-order valence-corrected chi connectivity index (χ1v) is 6.67. The molecule has 0 spiro atoms. The summed E-state index contributed by atoms with van der Waals surface area (Å²) in [7, 11) is 0. The van der Waals surface area contributed by atoms with Gasteiger partial charge in [-0.1, -0.05) is 42.2 Å². The summed E-state index contributed by atoms with van der Waals surface area (Å²) in [5, 5.41) is 10.3. The van der Waals surface area contributed by atoms with Crippen LogP contribution in [0.25, 0.3) is 0 Å².